The molecule has 1 aliphatic heterocycles. The number of carbonyl (C=O) groups is 1. The number of amides is 1. The van der Waals surface area contributed by atoms with Gasteiger partial charge in [0.05, 0.1) is 11.1 Å². The van der Waals surface area contributed by atoms with E-state index >= 15 is 0 Å². The Morgan fingerprint density at radius 2 is 2.10 bits per heavy atom. The molecule has 0 spiro atoms. The minimum atomic E-state index is -0.184. The van der Waals surface area contributed by atoms with Gasteiger partial charge in [-0.1, -0.05) is 11.6 Å². The van der Waals surface area contributed by atoms with Gasteiger partial charge in [0.15, 0.2) is 6.61 Å². The van der Waals surface area contributed by atoms with Crippen molar-refractivity contribution in [3.63, 3.8) is 0 Å². The van der Waals surface area contributed by atoms with E-state index in [2.05, 4.69) is 15.2 Å². The number of benzene rings is 1. The van der Waals surface area contributed by atoms with E-state index in [9.17, 15) is 4.79 Å². The Hall–Kier alpha value is -2.57. The Bertz CT molecular complexity index is 998. The molecule has 1 atom stereocenters. The number of halogens is 1. The number of hydrogen-bond donors (Lipinski definition) is 1. The lowest BCUT2D eigenvalue weighted by molar-refractivity contribution is -0.123. The molecular formula is C22H24ClN3O3. The Balaban J connectivity index is 1.38. The first kappa shape index (κ1) is 19.7. The normalized spacial score (nSPS) is 15.5. The topological polar surface area (TPSA) is 67.6 Å². The van der Waals surface area contributed by atoms with Crippen LogP contribution in [0.25, 0.3) is 10.9 Å². The van der Waals surface area contributed by atoms with Crippen LogP contribution in [0, 0.1) is 6.92 Å². The first-order valence-electron chi connectivity index (χ1n) is 9.85. The van der Waals surface area contributed by atoms with E-state index in [1.165, 1.54) is 12.8 Å². The van der Waals surface area contributed by atoms with Crippen molar-refractivity contribution in [2.75, 3.05) is 26.2 Å². The third-order valence-electron chi connectivity index (χ3n) is 5.20. The zero-order valence-corrected chi connectivity index (χ0v) is 17.1. The quantitative estimate of drug-likeness (QED) is 0.631. The summed E-state index contributed by atoms with van der Waals surface area (Å²) in [6.45, 7) is 4.35. The van der Waals surface area contributed by atoms with Crippen LogP contribution in [-0.4, -0.2) is 42.0 Å². The smallest absolute Gasteiger partial charge is 0.258 e. The average Bonchev–Trinajstić information content (AvgIpc) is 3.40. The van der Waals surface area contributed by atoms with Gasteiger partial charge in [-0.3, -0.25) is 14.7 Å². The van der Waals surface area contributed by atoms with Crippen LogP contribution in [0.4, 0.5) is 0 Å². The van der Waals surface area contributed by atoms with E-state index < -0.39 is 0 Å². The highest BCUT2D eigenvalue weighted by atomic mass is 35.5. The third-order valence-corrected chi connectivity index (χ3v) is 5.53. The molecule has 1 aromatic carbocycles. The van der Waals surface area contributed by atoms with Gasteiger partial charge in [-0.25, -0.2) is 0 Å². The molecule has 1 N–H and O–H groups in total. The molecule has 1 aliphatic rings. The highest BCUT2D eigenvalue weighted by Gasteiger charge is 2.26. The van der Waals surface area contributed by atoms with Crippen molar-refractivity contribution in [2.45, 2.75) is 25.8 Å². The largest absolute Gasteiger partial charge is 0.481 e. The minimum absolute atomic E-state index is 0.0354. The van der Waals surface area contributed by atoms with Gasteiger partial charge < -0.3 is 14.5 Å². The average molecular weight is 414 g/mol. The number of ether oxygens (including phenoxy) is 1. The summed E-state index contributed by atoms with van der Waals surface area (Å²) in [4.78, 5) is 19.1. The van der Waals surface area contributed by atoms with Crippen LogP contribution in [0.1, 0.15) is 30.4 Å². The van der Waals surface area contributed by atoms with Crippen LogP contribution in [-0.2, 0) is 4.79 Å². The number of carbonyl (C=O) groups excluding carboxylic acids is 1. The van der Waals surface area contributed by atoms with E-state index in [0.29, 0.717) is 22.8 Å². The van der Waals surface area contributed by atoms with Gasteiger partial charge in [-0.2, -0.15) is 0 Å². The molecule has 4 rings (SSSR count). The molecule has 0 aliphatic carbocycles. The van der Waals surface area contributed by atoms with E-state index in [0.717, 1.165) is 30.0 Å². The van der Waals surface area contributed by atoms with Gasteiger partial charge in [0, 0.05) is 18.1 Å². The summed E-state index contributed by atoms with van der Waals surface area (Å²) in [7, 11) is 0. The summed E-state index contributed by atoms with van der Waals surface area (Å²) in [5.41, 5.74) is 0.647. The van der Waals surface area contributed by atoms with E-state index in [1.807, 2.05) is 31.2 Å². The summed E-state index contributed by atoms with van der Waals surface area (Å²) in [6, 6.07) is 11.2. The van der Waals surface area contributed by atoms with Gasteiger partial charge in [0.25, 0.3) is 5.91 Å². The van der Waals surface area contributed by atoms with E-state index in [1.54, 1.807) is 18.3 Å². The SMILES string of the molecule is Cc1ccc([C@H](CNC(=O)COc2ccc(Cl)c3cccnc23)N2CCCC2)o1. The summed E-state index contributed by atoms with van der Waals surface area (Å²) >= 11 is 6.21. The Labute approximate surface area is 174 Å². The van der Waals surface area contributed by atoms with Crippen LogP contribution in [0.5, 0.6) is 5.75 Å². The first-order valence-corrected chi connectivity index (χ1v) is 10.2. The minimum Gasteiger partial charge on any atom is -0.481 e. The third kappa shape index (κ3) is 4.54. The zero-order valence-electron chi connectivity index (χ0n) is 16.4. The Morgan fingerprint density at radius 3 is 2.86 bits per heavy atom. The van der Waals surface area contributed by atoms with Gasteiger partial charge in [0.1, 0.15) is 22.8 Å². The van der Waals surface area contributed by atoms with Crippen molar-refractivity contribution in [3.8, 4) is 5.75 Å². The second kappa shape index (κ2) is 8.84. The molecule has 0 radical (unpaired) electrons. The Morgan fingerprint density at radius 1 is 1.28 bits per heavy atom. The fourth-order valence-corrected chi connectivity index (χ4v) is 3.94. The molecule has 3 aromatic rings. The van der Waals surface area contributed by atoms with Crippen LogP contribution >= 0.6 is 11.6 Å². The van der Waals surface area contributed by atoms with Crippen LogP contribution in [0.2, 0.25) is 5.02 Å². The number of rotatable bonds is 7. The predicted octanol–water partition coefficient (Wildman–Crippen LogP) is 4.12. The molecule has 1 fully saturated rings. The molecule has 29 heavy (non-hydrogen) atoms. The fraction of sp³-hybridized carbons (Fsp3) is 0.364. The summed E-state index contributed by atoms with van der Waals surface area (Å²) < 4.78 is 11.6. The maximum absolute atomic E-state index is 12.4. The summed E-state index contributed by atoms with van der Waals surface area (Å²) in [5.74, 6) is 2.12. The number of fused-ring (bicyclic) bond motifs is 1. The maximum Gasteiger partial charge on any atom is 0.258 e. The molecule has 6 nitrogen and oxygen atoms in total. The zero-order chi connectivity index (χ0) is 20.2. The molecule has 2 aromatic heterocycles. The predicted molar refractivity (Wildman–Crippen MR) is 112 cm³/mol. The highest BCUT2D eigenvalue weighted by molar-refractivity contribution is 6.35. The first-order chi connectivity index (χ1) is 14.1. The Kier molecular flexibility index (Phi) is 6.02. The van der Waals surface area contributed by atoms with Crippen molar-refractivity contribution in [2.24, 2.45) is 0 Å². The van der Waals surface area contributed by atoms with Crippen molar-refractivity contribution < 1.29 is 13.9 Å². The molecule has 3 heterocycles. The number of furan rings is 1. The lowest BCUT2D eigenvalue weighted by atomic mass is 10.2. The molecule has 1 saturated heterocycles. The monoisotopic (exact) mass is 413 g/mol. The number of pyridine rings is 1. The van der Waals surface area contributed by atoms with E-state index in [-0.39, 0.29) is 18.6 Å². The summed E-state index contributed by atoms with van der Waals surface area (Å²) in [5, 5.41) is 4.39. The van der Waals surface area contributed by atoms with Crippen LogP contribution in [0.15, 0.2) is 47.0 Å². The molecule has 0 unspecified atom stereocenters. The van der Waals surface area contributed by atoms with Crippen molar-refractivity contribution in [1.29, 1.82) is 0 Å². The molecule has 1 amide bonds. The second-order valence-corrected chi connectivity index (χ2v) is 7.65. The van der Waals surface area contributed by atoms with Crippen molar-refractivity contribution in [1.82, 2.24) is 15.2 Å². The molecule has 152 valence electrons. The van der Waals surface area contributed by atoms with Crippen molar-refractivity contribution >= 4 is 28.4 Å². The van der Waals surface area contributed by atoms with Gasteiger partial charge in [-0.05, 0) is 69.3 Å². The highest BCUT2D eigenvalue weighted by Crippen LogP contribution is 2.29. The van der Waals surface area contributed by atoms with Gasteiger partial charge in [-0.15, -0.1) is 0 Å². The summed E-state index contributed by atoms with van der Waals surface area (Å²) in [6.07, 6.45) is 4.02. The van der Waals surface area contributed by atoms with Gasteiger partial charge in [0.2, 0.25) is 0 Å². The van der Waals surface area contributed by atoms with Gasteiger partial charge >= 0.3 is 0 Å². The number of likely N-dealkylation sites (tertiary alicyclic amines) is 1. The van der Waals surface area contributed by atoms with Crippen molar-refractivity contribution in [3.05, 3.63) is 59.1 Å². The lowest BCUT2D eigenvalue weighted by Gasteiger charge is -2.26. The second-order valence-electron chi connectivity index (χ2n) is 7.25. The maximum atomic E-state index is 12.4. The fourth-order valence-electron chi connectivity index (χ4n) is 3.73. The molecule has 0 saturated carbocycles. The molecule has 0 bridgehead atoms. The number of hydrogen-bond acceptors (Lipinski definition) is 5. The van der Waals surface area contributed by atoms with Crippen LogP contribution < -0.4 is 10.1 Å². The lowest BCUT2D eigenvalue weighted by Crippen LogP contribution is -2.38. The number of nitrogens with zero attached hydrogens (tertiary/aromatic N) is 2. The molecule has 7 heteroatoms. The number of aromatic nitrogens is 1. The number of nitrogens with one attached hydrogen (secondary N) is 1. The number of aryl methyl sites for hydroxylation is 1. The van der Waals surface area contributed by atoms with E-state index in [4.69, 9.17) is 20.8 Å². The molecular weight excluding hydrogens is 390 g/mol. The van der Waals surface area contributed by atoms with Crippen LogP contribution in [0.3, 0.4) is 0 Å². The standard InChI is InChI=1S/C22H24ClN3O3/c1-15-6-8-19(29-15)18(26-11-2-3-12-26)13-25-21(27)14-28-20-9-7-17(23)16-5-4-10-24-22(16)20/h4-10,18H,2-3,11-14H2,1H3,(H,25,27)/t18-/m0/s1.